The van der Waals surface area contributed by atoms with Crippen LogP contribution in [0.5, 0.6) is 0 Å². The minimum atomic E-state index is 0.174. The van der Waals surface area contributed by atoms with Gasteiger partial charge in [0.2, 0.25) is 0 Å². The number of halogens is 1. The summed E-state index contributed by atoms with van der Waals surface area (Å²) in [5.74, 6) is 0.637. The molecule has 0 aliphatic heterocycles. The molecule has 0 fully saturated rings. The van der Waals surface area contributed by atoms with E-state index in [9.17, 15) is 0 Å². The van der Waals surface area contributed by atoms with Gasteiger partial charge in [-0.1, -0.05) is 55.8 Å². The van der Waals surface area contributed by atoms with Crippen molar-refractivity contribution in [2.45, 2.75) is 19.9 Å². The molecule has 1 unspecified atom stereocenters. The molecule has 1 atom stereocenters. The van der Waals surface area contributed by atoms with E-state index in [4.69, 9.17) is 11.6 Å². The summed E-state index contributed by atoms with van der Waals surface area (Å²) in [5.41, 5.74) is 1.23. The smallest absolute Gasteiger partial charge is 0.0893 e. The minimum absolute atomic E-state index is 0.174. The van der Waals surface area contributed by atoms with Crippen molar-refractivity contribution in [3.63, 3.8) is 0 Å². The molecule has 0 amide bonds. The predicted octanol–water partition coefficient (Wildman–Crippen LogP) is 3.37. The van der Waals surface area contributed by atoms with Gasteiger partial charge in [-0.15, -0.1) is 0 Å². The summed E-state index contributed by atoms with van der Waals surface area (Å²) in [5, 5.41) is 8.49. The lowest BCUT2D eigenvalue weighted by Gasteiger charge is -2.19. The summed E-state index contributed by atoms with van der Waals surface area (Å²) >= 11 is 5.97. The van der Waals surface area contributed by atoms with Crippen LogP contribution in [0.2, 0.25) is 5.02 Å². The van der Waals surface area contributed by atoms with Gasteiger partial charge < -0.3 is 5.32 Å². The first kappa shape index (κ1) is 14.1. The fourth-order valence-electron chi connectivity index (χ4n) is 2.03. The van der Waals surface area contributed by atoms with Crippen LogP contribution >= 0.6 is 11.6 Å². The van der Waals surface area contributed by atoms with Gasteiger partial charge in [-0.25, -0.2) is 0 Å². The third kappa shape index (κ3) is 4.08. The van der Waals surface area contributed by atoms with E-state index in [1.165, 1.54) is 5.56 Å². The van der Waals surface area contributed by atoms with E-state index in [1.54, 1.807) is 6.20 Å². The molecule has 0 radical (unpaired) electrons. The molecule has 0 bridgehead atoms. The van der Waals surface area contributed by atoms with Crippen LogP contribution in [0.3, 0.4) is 0 Å². The average Bonchev–Trinajstić information content (AvgIpc) is 2.82. The van der Waals surface area contributed by atoms with Crippen LogP contribution in [0.15, 0.2) is 42.7 Å². The fourth-order valence-corrected chi connectivity index (χ4v) is 2.18. The Morgan fingerprint density at radius 2 is 1.95 bits per heavy atom. The average molecular weight is 278 g/mol. The second-order valence-corrected chi connectivity index (χ2v) is 5.55. The highest BCUT2D eigenvalue weighted by molar-refractivity contribution is 6.30. The number of benzene rings is 1. The molecule has 0 aliphatic carbocycles. The molecule has 1 aromatic heterocycles. The molecular weight excluding hydrogens is 258 g/mol. The van der Waals surface area contributed by atoms with Crippen LogP contribution in [0, 0.1) is 5.92 Å². The van der Waals surface area contributed by atoms with Gasteiger partial charge >= 0.3 is 0 Å². The van der Waals surface area contributed by atoms with Crippen molar-refractivity contribution in [1.82, 2.24) is 15.1 Å². The third-order valence-corrected chi connectivity index (χ3v) is 3.16. The molecule has 3 nitrogen and oxygen atoms in total. The van der Waals surface area contributed by atoms with Crippen molar-refractivity contribution in [3.8, 4) is 0 Å². The number of rotatable bonds is 6. The molecule has 2 aromatic rings. The van der Waals surface area contributed by atoms with Crippen molar-refractivity contribution in [1.29, 1.82) is 0 Å². The van der Waals surface area contributed by atoms with E-state index < -0.39 is 0 Å². The van der Waals surface area contributed by atoms with Crippen LogP contribution in [-0.2, 0) is 0 Å². The quantitative estimate of drug-likeness (QED) is 0.877. The molecule has 2 rings (SSSR count). The molecule has 0 saturated carbocycles. The first-order valence-corrected chi connectivity index (χ1v) is 7.00. The predicted molar refractivity (Wildman–Crippen MR) is 79.5 cm³/mol. The van der Waals surface area contributed by atoms with Crippen LogP contribution in [-0.4, -0.2) is 22.9 Å². The highest BCUT2D eigenvalue weighted by atomic mass is 35.5. The Kier molecular flexibility index (Phi) is 5.00. The van der Waals surface area contributed by atoms with Crippen molar-refractivity contribution in [2.24, 2.45) is 5.92 Å². The summed E-state index contributed by atoms with van der Waals surface area (Å²) < 4.78 is 1.92. The molecule has 1 heterocycles. The zero-order valence-corrected chi connectivity index (χ0v) is 12.1. The second-order valence-electron chi connectivity index (χ2n) is 5.12. The molecule has 0 aliphatic rings. The second kappa shape index (κ2) is 6.73. The highest BCUT2D eigenvalue weighted by Gasteiger charge is 2.14. The first-order chi connectivity index (χ1) is 9.16. The van der Waals surface area contributed by atoms with Crippen LogP contribution in [0.1, 0.15) is 25.5 Å². The van der Waals surface area contributed by atoms with E-state index in [0.717, 1.165) is 13.1 Å². The first-order valence-electron chi connectivity index (χ1n) is 6.62. The highest BCUT2D eigenvalue weighted by Crippen LogP contribution is 2.18. The third-order valence-electron chi connectivity index (χ3n) is 2.96. The molecule has 4 heteroatoms. The van der Waals surface area contributed by atoms with Gasteiger partial charge in [0.1, 0.15) is 0 Å². The van der Waals surface area contributed by atoms with E-state index in [2.05, 4.69) is 48.5 Å². The lowest BCUT2D eigenvalue weighted by atomic mass is 10.1. The van der Waals surface area contributed by atoms with Crippen LogP contribution < -0.4 is 5.32 Å². The summed E-state index contributed by atoms with van der Waals surface area (Å²) in [6.45, 7) is 6.25. The van der Waals surface area contributed by atoms with E-state index in [0.29, 0.717) is 10.9 Å². The monoisotopic (exact) mass is 277 g/mol. The number of nitrogens with zero attached hydrogens (tertiary/aromatic N) is 2. The normalized spacial score (nSPS) is 12.8. The van der Waals surface area contributed by atoms with E-state index in [1.807, 2.05) is 16.9 Å². The standard InChI is InChI=1S/C15H20ClN3/c1-12(2)8-17-10-15(13-6-4-3-5-7-13)19-11-14(16)9-18-19/h3-7,9,11-12,15,17H,8,10H2,1-2H3. The Morgan fingerprint density at radius 1 is 1.21 bits per heavy atom. The van der Waals surface area contributed by atoms with Crippen molar-refractivity contribution in [2.75, 3.05) is 13.1 Å². The Morgan fingerprint density at radius 3 is 2.53 bits per heavy atom. The summed E-state index contributed by atoms with van der Waals surface area (Å²) in [6, 6.07) is 10.5. The van der Waals surface area contributed by atoms with Gasteiger partial charge in [-0.05, 0) is 18.0 Å². The Hall–Kier alpha value is -1.32. The van der Waals surface area contributed by atoms with Gasteiger partial charge in [-0.3, -0.25) is 4.68 Å². The molecular formula is C15H20ClN3. The summed E-state index contributed by atoms with van der Waals surface area (Å²) in [7, 11) is 0. The molecule has 19 heavy (non-hydrogen) atoms. The van der Waals surface area contributed by atoms with Crippen LogP contribution in [0.25, 0.3) is 0 Å². The van der Waals surface area contributed by atoms with Gasteiger partial charge in [0, 0.05) is 12.7 Å². The van der Waals surface area contributed by atoms with E-state index in [-0.39, 0.29) is 6.04 Å². The zero-order valence-electron chi connectivity index (χ0n) is 11.4. The lowest BCUT2D eigenvalue weighted by molar-refractivity contribution is 0.456. The topological polar surface area (TPSA) is 29.9 Å². The Balaban J connectivity index is 2.14. The van der Waals surface area contributed by atoms with Gasteiger partial charge in [0.15, 0.2) is 0 Å². The summed E-state index contributed by atoms with van der Waals surface area (Å²) in [6.07, 6.45) is 3.55. The zero-order chi connectivity index (χ0) is 13.7. The van der Waals surface area contributed by atoms with Gasteiger partial charge in [0.25, 0.3) is 0 Å². The molecule has 1 N–H and O–H groups in total. The largest absolute Gasteiger partial charge is 0.314 e. The maximum absolute atomic E-state index is 5.97. The van der Waals surface area contributed by atoms with Crippen LogP contribution in [0.4, 0.5) is 0 Å². The number of nitrogens with one attached hydrogen (secondary N) is 1. The van der Waals surface area contributed by atoms with Gasteiger partial charge in [0.05, 0.1) is 17.3 Å². The van der Waals surface area contributed by atoms with Crippen molar-refractivity contribution >= 4 is 11.6 Å². The van der Waals surface area contributed by atoms with E-state index >= 15 is 0 Å². The molecule has 0 spiro atoms. The fraction of sp³-hybridized carbons (Fsp3) is 0.400. The van der Waals surface area contributed by atoms with Crippen molar-refractivity contribution < 1.29 is 0 Å². The Bertz CT molecular complexity index is 493. The van der Waals surface area contributed by atoms with Crippen molar-refractivity contribution in [3.05, 3.63) is 53.3 Å². The maximum Gasteiger partial charge on any atom is 0.0893 e. The number of hydrogen-bond donors (Lipinski definition) is 1. The summed E-state index contributed by atoms with van der Waals surface area (Å²) in [4.78, 5) is 0. The minimum Gasteiger partial charge on any atom is -0.314 e. The maximum atomic E-state index is 5.97. The molecule has 1 aromatic carbocycles. The van der Waals surface area contributed by atoms with Gasteiger partial charge in [-0.2, -0.15) is 5.10 Å². The SMILES string of the molecule is CC(C)CNCC(c1ccccc1)n1cc(Cl)cn1. The molecule has 0 saturated heterocycles. The number of hydrogen-bond acceptors (Lipinski definition) is 2. The number of aromatic nitrogens is 2. The molecule has 102 valence electrons. The lowest BCUT2D eigenvalue weighted by Crippen LogP contribution is -2.29. The Labute approximate surface area is 119 Å².